The zero-order valence-corrected chi connectivity index (χ0v) is 16.5. The van der Waals surface area contributed by atoms with Crippen molar-refractivity contribution < 1.29 is 9.59 Å². The van der Waals surface area contributed by atoms with Gasteiger partial charge in [-0.05, 0) is 58.3 Å². The van der Waals surface area contributed by atoms with Crippen LogP contribution in [0.5, 0.6) is 0 Å². The van der Waals surface area contributed by atoms with E-state index in [1.165, 1.54) is 19.3 Å². The van der Waals surface area contributed by atoms with E-state index in [4.69, 9.17) is 0 Å². The molecule has 0 radical (unpaired) electrons. The van der Waals surface area contributed by atoms with Gasteiger partial charge in [-0.1, -0.05) is 31.5 Å². The molecule has 0 bridgehead atoms. The van der Waals surface area contributed by atoms with Crippen molar-refractivity contribution in [3.8, 4) is 0 Å². The third-order valence-corrected chi connectivity index (χ3v) is 5.64. The zero-order chi connectivity index (χ0) is 19.2. The summed E-state index contributed by atoms with van der Waals surface area (Å²) in [5, 5.41) is 3.67. The van der Waals surface area contributed by atoms with Crippen molar-refractivity contribution in [1.82, 2.24) is 14.8 Å². The van der Waals surface area contributed by atoms with Crippen LogP contribution in [0.1, 0.15) is 62.4 Å². The van der Waals surface area contributed by atoms with Crippen LogP contribution in [0.3, 0.4) is 0 Å². The largest absolute Gasteiger partial charge is 0.349 e. The number of carbonyl (C=O) groups is 2. The number of hydrogen-bond acceptors (Lipinski definition) is 3. The van der Waals surface area contributed by atoms with Crippen molar-refractivity contribution >= 4 is 22.6 Å². The lowest BCUT2D eigenvalue weighted by Gasteiger charge is -2.26. The minimum absolute atomic E-state index is 0.282. The monoisotopic (exact) mass is 369 g/mol. The number of hydrogen-bond donors (Lipinski definition) is 1. The maximum atomic E-state index is 12.7. The van der Waals surface area contributed by atoms with Gasteiger partial charge < -0.3 is 14.8 Å². The summed E-state index contributed by atoms with van der Waals surface area (Å²) in [6.45, 7) is 8.09. The number of carbonyl (C=O) groups excluding carboxylic acids is 2. The first-order valence-electron chi connectivity index (χ1n) is 10.3. The number of para-hydroxylation sites is 1. The predicted molar refractivity (Wildman–Crippen MR) is 109 cm³/mol. The average Bonchev–Trinajstić information content (AvgIpc) is 3.10. The molecule has 0 saturated carbocycles. The summed E-state index contributed by atoms with van der Waals surface area (Å²) in [4.78, 5) is 27.6. The Bertz CT molecular complexity index is 790. The van der Waals surface area contributed by atoms with Gasteiger partial charge in [-0.25, -0.2) is 0 Å². The predicted octanol–water partition coefficient (Wildman–Crippen LogP) is 3.79. The number of nitrogens with zero attached hydrogens (tertiary/aromatic N) is 2. The highest BCUT2D eigenvalue weighted by atomic mass is 16.2. The molecule has 1 unspecified atom stereocenters. The fourth-order valence-corrected chi connectivity index (χ4v) is 3.84. The Kier molecular flexibility index (Phi) is 6.67. The Morgan fingerprint density at radius 2 is 1.89 bits per heavy atom. The van der Waals surface area contributed by atoms with Crippen LogP contribution < -0.4 is 5.32 Å². The second-order valence-electron chi connectivity index (χ2n) is 7.57. The minimum Gasteiger partial charge on any atom is -0.349 e. The van der Waals surface area contributed by atoms with Gasteiger partial charge >= 0.3 is 0 Å². The molecule has 1 aliphatic heterocycles. The van der Waals surface area contributed by atoms with E-state index in [0.29, 0.717) is 12.1 Å². The second kappa shape index (κ2) is 9.18. The van der Waals surface area contributed by atoms with E-state index < -0.39 is 11.7 Å². The number of rotatable bonds is 8. The van der Waals surface area contributed by atoms with E-state index in [-0.39, 0.29) is 6.04 Å². The number of ketones is 1. The normalized spacial score (nSPS) is 16.4. The minimum atomic E-state index is -0.499. The van der Waals surface area contributed by atoms with Crippen LogP contribution in [0.15, 0.2) is 30.5 Å². The Balaban J connectivity index is 1.62. The van der Waals surface area contributed by atoms with Crippen molar-refractivity contribution in [2.24, 2.45) is 0 Å². The van der Waals surface area contributed by atoms with Crippen LogP contribution in [-0.2, 0) is 4.79 Å². The molecule has 1 aromatic carbocycles. The molecular formula is C22H31N3O2. The Hall–Kier alpha value is -2.14. The van der Waals surface area contributed by atoms with E-state index in [1.807, 2.05) is 30.5 Å². The van der Waals surface area contributed by atoms with Crippen LogP contribution in [0.4, 0.5) is 0 Å². The molecule has 0 aliphatic carbocycles. The number of aromatic nitrogens is 1. The maximum Gasteiger partial charge on any atom is 0.292 e. The van der Waals surface area contributed by atoms with Gasteiger partial charge in [0.2, 0.25) is 0 Å². The van der Waals surface area contributed by atoms with Gasteiger partial charge in [0.1, 0.15) is 0 Å². The summed E-state index contributed by atoms with van der Waals surface area (Å²) < 4.78 is 2.10. The van der Waals surface area contributed by atoms with Gasteiger partial charge in [0.25, 0.3) is 11.7 Å². The Morgan fingerprint density at radius 1 is 1.15 bits per heavy atom. The fourth-order valence-electron chi connectivity index (χ4n) is 3.84. The first kappa shape index (κ1) is 19.6. The molecule has 1 atom stereocenters. The van der Waals surface area contributed by atoms with Crippen LogP contribution in [0.25, 0.3) is 10.9 Å². The summed E-state index contributed by atoms with van der Waals surface area (Å²) in [5.41, 5.74) is 1.51. The van der Waals surface area contributed by atoms with Crippen molar-refractivity contribution in [3.63, 3.8) is 0 Å². The van der Waals surface area contributed by atoms with Crippen molar-refractivity contribution in [2.45, 2.75) is 52.0 Å². The van der Waals surface area contributed by atoms with E-state index >= 15 is 0 Å². The number of benzene rings is 1. The molecule has 5 heteroatoms. The number of Topliss-reactive ketones (excluding diaryl/α,β-unsaturated/α-hetero) is 1. The molecule has 1 saturated heterocycles. The highest BCUT2D eigenvalue weighted by Crippen LogP contribution is 2.26. The summed E-state index contributed by atoms with van der Waals surface area (Å²) in [6, 6.07) is 8.09. The summed E-state index contributed by atoms with van der Waals surface area (Å²) in [7, 11) is 0. The molecule has 1 amide bonds. The topological polar surface area (TPSA) is 54.3 Å². The van der Waals surface area contributed by atoms with Gasteiger partial charge in [-0.3, -0.25) is 9.59 Å². The van der Waals surface area contributed by atoms with Crippen molar-refractivity contribution in [2.75, 3.05) is 26.2 Å². The summed E-state index contributed by atoms with van der Waals surface area (Å²) in [5.74, 6) is -0.938. The molecule has 1 N–H and O–H groups in total. The molecule has 27 heavy (non-hydrogen) atoms. The van der Waals surface area contributed by atoms with Gasteiger partial charge in [-0.15, -0.1) is 0 Å². The number of fused-ring (bicyclic) bond motifs is 1. The molecule has 0 spiro atoms. The molecule has 1 aliphatic rings. The van der Waals surface area contributed by atoms with E-state index in [2.05, 4.69) is 28.6 Å². The van der Waals surface area contributed by atoms with Gasteiger partial charge in [-0.2, -0.15) is 0 Å². The number of amides is 1. The molecule has 3 rings (SSSR count). The molecule has 146 valence electrons. The lowest BCUT2D eigenvalue weighted by atomic mass is 10.1. The molecule has 2 aromatic rings. The Labute approximate surface area is 161 Å². The zero-order valence-electron chi connectivity index (χ0n) is 16.5. The molecule has 5 nitrogen and oxygen atoms in total. The van der Waals surface area contributed by atoms with Crippen molar-refractivity contribution in [1.29, 1.82) is 0 Å². The van der Waals surface area contributed by atoms with E-state index in [9.17, 15) is 9.59 Å². The lowest BCUT2D eigenvalue weighted by Crippen LogP contribution is -2.35. The van der Waals surface area contributed by atoms with E-state index in [1.54, 1.807) is 0 Å². The average molecular weight is 370 g/mol. The number of piperidine rings is 1. The van der Waals surface area contributed by atoms with Crippen LogP contribution in [-0.4, -0.2) is 47.3 Å². The Morgan fingerprint density at radius 3 is 2.63 bits per heavy atom. The quantitative estimate of drug-likeness (QED) is 0.438. The highest BCUT2D eigenvalue weighted by Gasteiger charge is 2.22. The number of nitrogens with one attached hydrogen (secondary N) is 1. The van der Waals surface area contributed by atoms with Crippen LogP contribution in [0, 0.1) is 0 Å². The molecular weight excluding hydrogens is 338 g/mol. The van der Waals surface area contributed by atoms with Crippen molar-refractivity contribution in [3.05, 3.63) is 36.0 Å². The summed E-state index contributed by atoms with van der Waals surface area (Å²) in [6.07, 6.45) is 7.55. The molecule has 2 heterocycles. The maximum absolute atomic E-state index is 12.7. The second-order valence-corrected chi connectivity index (χ2v) is 7.57. The van der Waals surface area contributed by atoms with Crippen LogP contribution >= 0.6 is 0 Å². The smallest absolute Gasteiger partial charge is 0.292 e. The first-order valence-corrected chi connectivity index (χ1v) is 10.3. The van der Waals surface area contributed by atoms with Crippen LogP contribution in [0.2, 0.25) is 0 Å². The van der Waals surface area contributed by atoms with Gasteiger partial charge in [0.05, 0.1) is 5.56 Å². The molecule has 1 fully saturated rings. The SMILES string of the molecule is CCC(C)n1cc(C(=O)C(=O)NCCCN2CCCCC2)c2ccccc21. The lowest BCUT2D eigenvalue weighted by molar-refractivity contribution is -0.117. The van der Waals surface area contributed by atoms with Gasteiger partial charge in [0.15, 0.2) is 0 Å². The highest BCUT2D eigenvalue weighted by molar-refractivity contribution is 6.45. The van der Waals surface area contributed by atoms with E-state index in [0.717, 1.165) is 43.4 Å². The standard InChI is InChI=1S/C22H31N3O2/c1-3-17(2)25-16-19(18-10-5-6-11-20(18)25)21(26)22(27)23-12-9-15-24-13-7-4-8-14-24/h5-6,10-11,16-17H,3-4,7-9,12-15H2,1-2H3,(H,23,27). The third kappa shape index (κ3) is 4.59. The number of likely N-dealkylation sites (tertiary alicyclic amines) is 1. The van der Waals surface area contributed by atoms with Gasteiger partial charge in [0, 0.05) is 29.7 Å². The summed E-state index contributed by atoms with van der Waals surface area (Å²) >= 11 is 0. The molecule has 1 aromatic heterocycles. The third-order valence-electron chi connectivity index (χ3n) is 5.64. The first-order chi connectivity index (χ1) is 13.1. The fraction of sp³-hybridized carbons (Fsp3) is 0.545.